The van der Waals surface area contributed by atoms with E-state index in [0.29, 0.717) is 45.8 Å². The zero-order valence-corrected chi connectivity index (χ0v) is 50.2. The lowest BCUT2D eigenvalue weighted by Crippen LogP contribution is -2.62. The number of hydroxylamine groups is 1. The molecule has 1 aromatic heterocycles. The summed E-state index contributed by atoms with van der Waals surface area (Å²) in [5.41, 5.74) is 23.8. The van der Waals surface area contributed by atoms with Gasteiger partial charge >= 0.3 is 6.03 Å². The van der Waals surface area contributed by atoms with Crippen molar-refractivity contribution in [3.05, 3.63) is 149 Å². The number of aliphatic hydroxyl groups excluding tert-OH is 1. The van der Waals surface area contributed by atoms with Crippen LogP contribution < -0.4 is 65.2 Å². The van der Waals surface area contributed by atoms with E-state index in [1.807, 2.05) is 54.6 Å². The Balaban J connectivity index is 1.26. The highest BCUT2D eigenvalue weighted by Gasteiger charge is 2.37. The summed E-state index contributed by atoms with van der Waals surface area (Å²) in [5.74, 6) is -7.52. The van der Waals surface area contributed by atoms with E-state index < -0.39 is 108 Å². The van der Waals surface area contributed by atoms with E-state index in [4.69, 9.17) is 28.8 Å². The molecule has 87 heavy (non-hydrogen) atoms. The number of urea groups is 1. The number of hydrogen-bond donors (Lipinski definition) is 14. The van der Waals surface area contributed by atoms with Gasteiger partial charge in [-0.25, -0.2) is 10.3 Å². The molecule has 24 nitrogen and oxygen atoms in total. The van der Waals surface area contributed by atoms with Gasteiger partial charge < -0.3 is 69.8 Å². The number of carbonyl (C=O) groups is 9. The number of anilines is 1. The Labute approximate surface area is 514 Å². The van der Waals surface area contributed by atoms with E-state index in [0.717, 1.165) is 43.3 Å². The van der Waals surface area contributed by atoms with Gasteiger partial charge in [0.2, 0.25) is 47.3 Å². The summed E-state index contributed by atoms with van der Waals surface area (Å²) >= 11 is 6.12. The number of amides is 10. The topological polar surface area (TPSA) is 385 Å². The number of rotatable bonds is 20. The molecular formula is C60H72ClN13O11S2. The molecule has 2 heterocycles. The quantitative estimate of drug-likeness (QED) is 0.0296. The van der Waals surface area contributed by atoms with E-state index in [-0.39, 0.29) is 50.2 Å². The maximum Gasteiger partial charge on any atom is 0.343 e. The van der Waals surface area contributed by atoms with Gasteiger partial charge in [0, 0.05) is 58.6 Å². The number of aromatic nitrogens is 1. The molecule has 0 saturated carbocycles. The third-order valence-electron chi connectivity index (χ3n) is 14.3. The first-order chi connectivity index (χ1) is 41.8. The monoisotopic (exact) mass is 1250 g/mol. The van der Waals surface area contributed by atoms with Gasteiger partial charge in [0.25, 0.3) is 0 Å². The van der Waals surface area contributed by atoms with Crippen LogP contribution in [0.4, 0.5) is 10.5 Å². The van der Waals surface area contributed by atoms with Crippen LogP contribution in [0.5, 0.6) is 0 Å². The number of H-pyrrole nitrogens is 1. The van der Waals surface area contributed by atoms with E-state index in [2.05, 4.69) is 57.8 Å². The molecule has 1 aliphatic heterocycles. The molecule has 0 spiro atoms. The van der Waals surface area contributed by atoms with E-state index >= 15 is 4.79 Å². The van der Waals surface area contributed by atoms with Crippen molar-refractivity contribution in [2.24, 2.45) is 17.2 Å². The average molecular weight is 1250 g/mol. The van der Waals surface area contributed by atoms with Crippen molar-refractivity contribution in [1.82, 2.24) is 47.7 Å². The number of hydrogen-bond acceptors (Lipinski definition) is 15. The number of primary amides is 1. The zero-order valence-electron chi connectivity index (χ0n) is 47.8. The third-order valence-corrected chi connectivity index (χ3v) is 17.0. The normalized spacial score (nSPS) is 20.3. The highest BCUT2D eigenvalue weighted by Crippen LogP contribution is 2.25. The molecule has 27 heteroatoms. The summed E-state index contributed by atoms with van der Waals surface area (Å²) in [7, 11) is 3.24. The minimum atomic E-state index is -1.73. The second-order valence-electron chi connectivity index (χ2n) is 20.9. The fraction of sp³-hybridized carbons (Fsp3) is 0.350. The van der Waals surface area contributed by atoms with Gasteiger partial charge in [0.1, 0.15) is 42.3 Å². The number of fused-ring (bicyclic) bond motifs is 2. The number of nitrogens with two attached hydrogens (primary N) is 3. The molecule has 0 unspecified atom stereocenters. The molecule has 5 aromatic carbocycles. The number of aromatic amines is 1. The Morgan fingerprint density at radius 3 is 2.05 bits per heavy atom. The van der Waals surface area contributed by atoms with Crippen LogP contribution in [0.3, 0.4) is 0 Å². The fourth-order valence-corrected chi connectivity index (χ4v) is 12.0. The summed E-state index contributed by atoms with van der Waals surface area (Å²) < 4.78 is 0. The van der Waals surface area contributed by atoms with Gasteiger partial charge in [-0.15, -0.1) is 0 Å². The lowest BCUT2D eigenvalue weighted by Gasteiger charge is -2.29. The minimum absolute atomic E-state index is 0.0194. The molecule has 9 atom stereocenters. The number of unbranched alkanes of at least 4 members (excludes halogenated alkanes) is 1. The van der Waals surface area contributed by atoms with Gasteiger partial charge in [-0.1, -0.05) is 118 Å². The van der Waals surface area contributed by atoms with Crippen LogP contribution in [0.25, 0.3) is 21.7 Å². The molecule has 17 N–H and O–H groups in total. The molecule has 7 rings (SSSR count). The molecule has 1 aliphatic rings. The first kappa shape index (κ1) is 66.3. The number of halogens is 1. The molecule has 1 saturated heterocycles. The van der Waals surface area contributed by atoms with Gasteiger partial charge in [-0.3, -0.25) is 43.2 Å². The van der Waals surface area contributed by atoms with Crippen LogP contribution in [0.15, 0.2) is 121 Å². The molecule has 6 aromatic rings. The van der Waals surface area contributed by atoms with E-state index in [9.17, 15) is 43.5 Å². The highest BCUT2D eigenvalue weighted by atomic mass is 35.5. The summed E-state index contributed by atoms with van der Waals surface area (Å²) in [6.45, 7) is 1.48. The number of nitrogens with one attached hydrogen (secondary N) is 10. The van der Waals surface area contributed by atoms with Crippen molar-refractivity contribution in [2.45, 2.75) is 106 Å². The van der Waals surface area contributed by atoms with Gasteiger partial charge in [0.15, 0.2) is 0 Å². The van der Waals surface area contributed by atoms with Crippen LogP contribution in [-0.4, -0.2) is 143 Å². The zero-order chi connectivity index (χ0) is 62.6. The number of benzene rings is 5. The van der Waals surface area contributed by atoms with Gasteiger partial charge in [-0.05, 0) is 103 Å². The predicted molar refractivity (Wildman–Crippen MR) is 334 cm³/mol. The summed E-state index contributed by atoms with van der Waals surface area (Å²) in [4.78, 5) is 136. The Morgan fingerprint density at radius 2 is 1.34 bits per heavy atom. The first-order valence-corrected chi connectivity index (χ1v) is 30.9. The first-order valence-electron chi connectivity index (χ1n) is 28.0. The molecule has 0 aliphatic carbocycles. The van der Waals surface area contributed by atoms with Crippen molar-refractivity contribution >= 4 is 114 Å². The SMILES string of the molecule is CONC(=O)Nc1ccc(C[C@@H]2NC(=O)[C@H](NC(=O)[C@@H](N)Cc3ccc(Cl)cc3)CSSC[C@@H](C(=O)N[C@@H](Cc3ccc4ccccc4c3)C(N)=O)NC(=O)[C@H]([C@@H](C)O)NC(=O)[C@H](CCCCN)NC(=O)[C@@H](Cc3c[nH]c4ccccc34)NC2=O)cc1. The highest BCUT2D eigenvalue weighted by molar-refractivity contribution is 8.76. The Morgan fingerprint density at radius 1 is 0.713 bits per heavy atom. The standard InChI is InChI=1S/C60H72ClN13O11S2/c1-33(75)51-59(83)72-50(57(81)68-46(52(64)76)28-36-14-19-37-9-3-4-10-38(37)25-36)32-87-86-31-49(71-53(77)43(63)26-34-15-20-40(61)21-16-34)58(82)69-47(27-35-17-22-41(23-18-35)66-60(84)74-85-2)55(79)70-48(29-39-30-65-44-12-6-5-11-42(39)44)56(80)67-45(54(78)73-51)13-7-8-24-62/h3-6,9-12,14-23,25,30,33,43,45-51,65,75H,7-8,13,24,26-29,31-32,62-63H2,1-2H3,(H2,64,76)(H,67,80)(H,68,81)(H,69,82)(H,70,79)(H,71,77)(H,72,83)(H,73,78)(H2,66,74,84)/t33-,43+,45+,46+,47+,48-,49-,50+,51+/m1/s1. The van der Waals surface area contributed by atoms with Crippen LogP contribution in [0, 0.1) is 0 Å². The van der Waals surface area contributed by atoms with Crippen molar-refractivity contribution in [1.29, 1.82) is 0 Å². The second kappa shape index (κ2) is 32.5. The van der Waals surface area contributed by atoms with Crippen LogP contribution in [-0.2, 0) is 68.9 Å². The lowest BCUT2D eigenvalue weighted by molar-refractivity contribution is -0.136. The third kappa shape index (κ3) is 19.6. The van der Waals surface area contributed by atoms with Crippen molar-refractivity contribution < 1.29 is 53.1 Å². The maximum absolute atomic E-state index is 15.1. The fourth-order valence-electron chi connectivity index (χ4n) is 9.59. The van der Waals surface area contributed by atoms with Crippen molar-refractivity contribution in [3.8, 4) is 0 Å². The van der Waals surface area contributed by atoms with Crippen LogP contribution in [0.2, 0.25) is 5.02 Å². The Bertz CT molecular complexity index is 3390. The molecule has 10 amide bonds. The summed E-state index contributed by atoms with van der Waals surface area (Å²) in [5, 5.41) is 35.7. The minimum Gasteiger partial charge on any atom is -0.391 e. The van der Waals surface area contributed by atoms with Gasteiger partial charge in [-0.2, -0.15) is 0 Å². The molecule has 1 fully saturated rings. The van der Waals surface area contributed by atoms with E-state index in [1.54, 1.807) is 66.9 Å². The van der Waals surface area contributed by atoms with Crippen LogP contribution in [0.1, 0.15) is 48.4 Å². The second-order valence-corrected chi connectivity index (χ2v) is 23.9. The predicted octanol–water partition coefficient (Wildman–Crippen LogP) is 2.04. The lowest BCUT2D eigenvalue weighted by atomic mass is 10.0. The molecular weight excluding hydrogens is 1180 g/mol. The van der Waals surface area contributed by atoms with Gasteiger partial charge in [0.05, 0.1) is 19.3 Å². The Kier molecular flexibility index (Phi) is 24.8. The summed E-state index contributed by atoms with van der Waals surface area (Å²) in [6.07, 6.45) is 0.428. The number of aliphatic hydroxyl groups is 1. The largest absolute Gasteiger partial charge is 0.391 e. The van der Waals surface area contributed by atoms with Crippen molar-refractivity contribution in [3.63, 3.8) is 0 Å². The number of carbonyl (C=O) groups excluding carboxylic acids is 9. The van der Waals surface area contributed by atoms with Crippen molar-refractivity contribution in [2.75, 3.05) is 30.5 Å². The molecule has 0 radical (unpaired) electrons. The van der Waals surface area contributed by atoms with E-state index in [1.165, 1.54) is 14.0 Å². The Hall–Kier alpha value is -8.24. The smallest absolute Gasteiger partial charge is 0.343 e. The number of para-hydroxylation sites is 1. The van der Waals surface area contributed by atoms with Crippen LogP contribution >= 0.6 is 33.2 Å². The average Bonchev–Trinajstić information content (AvgIpc) is 4.16. The molecule has 462 valence electrons. The maximum atomic E-state index is 15.1. The molecule has 0 bridgehead atoms. The summed E-state index contributed by atoms with van der Waals surface area (Å²) in [6, 6.07) is 21.1.